The molecule has 2 aliphatic rings. The molecular weight excluding hydrogens is 310 g/mol. The van der Waals surface area contributed by atoms with Crippen molar-refractivity contribution in [1.82, 2.24) is 0 Å². The van der Waals surface area contributed by atoms with Gasteiger partial charge in [0, 0.05) is 21.8 Å². The fourth-order valence-electron chi connectivity index (χ4n) is 3.18. The largest absolute Gasteiger partial charge is 0.313 e. The van der Waals surface area contributed by atoms with Gasteiger partial charge in [0.15, 0.2) is 0 Å². The maximum Gasteiger partial charge on any atom is 0.0508 e. The quantitative estimate of drug-likeness (QED) is 0.667. The van der Waals surface area contributed by atoms with Crippen molar-refractivity contribution in [3.8, 4) is 0 Å². The van der Waals surface area contributed by atoms with Gasteiger partial charge in [-0.2, -0.15) is 0 Å². The van der Waals surface area contributed by atoms with E-state index in [-0.39, 0.29) is 0 Å². The van der Waals surface area contributed by atoms with Gasteiger partial charge in [0.2, 0.25) is 0 Å². The third-order valence-electron chi connectivity index (χ3n) is 4.02. The molecule has 1 nitrogen and oxygen atoms in total. The lowest BCUT2D eigenvalue weighted by molar-refractivity contribution is 0.816. The van der Waals surface area contributed by atoms with Crippen molar-refractivity contribution in [1.29, 1.82) is 0 Å². The van der Waals surface area contributed by atoms with Crippen molar-refractivity contribution >= 4 is 27.3 Å². The van der Waals surface area contributed by atoms with Gasteiger partial charge in [0.1, 0.15) is 0 Å². The van der Waals surface area contributed by atoms with E-state index >= 15 is 0 Å². The molecule has 0 radical (unpaired) electrons. The predicted molar refractivity (Wildman–Crippen MR) is 87.3 cm³/mol. The number of allylic oxidation sites excluding steroid dienone is 4. The van der Waals surface area contributed by atoms with Crippen LogP contribution in [0.2, 0.25) is 0 Å². The Morgan fingerprint density at radius 3 is 2.70 bits per heavy atom. The van der Waals surface area contributed by atoms with Crippen LogP contribution in [-0.2, 0) is 0 Å². The molecule has 0 fully saturated rings. The Hall–Kier alpha value is -1.80. The van der Waals surface area contributed by atoms with E-state index in [0.29, 0.717) is 5.92 Å². The number of fused-ring (bicyclic) bond motifs is 3. The van der Waals surface area contributed by atoms with Crippen molar-refractivity contribution in [3.05, 3.63) is 82.5 Å². The number of halogens is 1. The molecule has 0 bridgehead atoms. The number of rotatable bonds is 1. The zero-order valence-corrected chi connectivity index (χ0v) is 12.5. The highest BCUT2D eigenvalue weighted by Gasteiger charge is 2.35. The average Bonchev–Trinajstić information content (AvgIpc) is 2.84. The number of benzene rings is 2. The zero-order chi connectivity index (χ0) is 13.5. The minimum atomic E-state index is 0.464. The second-order valence-electron chi connectivity index (χ2n) is 5.15. The predicted octanol–water partition coefficient (Wildman–Crippen LogP) is 5.53. The Morgan fingerprint density at radius 2 is 1.85 bits per heavy atom. The van der Waals surface area contributed by atoms with Gasteiger partial charge in [-0.3, -0.25) is 0 Å². The van der Waals surface area contributed by atoms with Gasteiger partial charge in [0.05, 0.1) is 5.69 Å². The first kappa shape index (κ1) is 12.0. The summed E-state index contributed by atoms with van der Waals surface area (Å²) in [5.74, 6) is 0.464. The van der Waals surface area contributed by atoms with Crippen molar-refractivity contribution in [2.45, 2.75) is 12.3 Å². The summed E-state index contributed by atoms with van der Waals surface area (Å²) in [6.45, 7) is 0. The molecule has 20 heavy (non-hydrogen) atoms. The second-order valence-corrected chi connectivity index (χ2v) is 6.01. The standard InChI is InChI=1S/C18H14BrN/c19-15-10-6-12-17-18(15)14-9-4-5-11-16(14)20(17)13-7-2-1-3-8-13/h1-8,10-12,14H,9H2. The summed E-state index contributed by atoms with van der Waals surface area (Å²) in [5.41, 5.74) is 5.31. The van der Waals surface area contributed by atoms with Gasteiger partial charge in [0.25, 0.3) is 0 Å². The van der Waals surface area contributed by atoms with Gasteiger partial charge in [-0.15, -0.1) is 0 Å². The van der Waals surface area contributed by atoms with Crippen LogP contribution in [0.25, 0.3) is 0 Å². The lowest BCUT2D eigenvalue weighted by Crippen LogP contribution is -2.14. The lowest BCUT2D eigenvalue weighted by Gasteiger charge is -2.24. The minimum absolute atomic E-state index is 0.464. The average molecular weight is 324 g/mol. The van der Waals surface area contributed by atoms with E-state index in [9.17, 15) is 0 Å². The van der Waals surface area contributed by atoms with Crippen LogP contribution in [0.3, 0.4) is 0 Å². The van der Waals surface area contributed by atoms with E-state index in [1.807, 2.05) is 0 Å². The van der Waals surface area contributed by atoms with Gasteiger partial charge in [-0.25, -0.2) is 0 Å². The molecule has 1 unspecified atom stereocenters. The van der Waals surface area contributed by atoms with Crippen LogP contribution in [0.4, 0.5) is 11.4 Å². The fraction of sp³-hybridized carbons (Fsp3) is 0.111. The van der Waals surface area contributed by atoms with Crippen LogP contribution in [0.15, 0.2) is 76.9 Å². The Bertz CT molecular complexity index is 715. The molecule has 98 valence electrons. The van der Waals surface area contributed by atoms with Gasteiger partial charge in [-0.05, 0) is 42.3 Å². The van der Waals surface area contributed by atoms with Crippen molar-refractivity contribution in [3.63, 3.8) is 0 Å². The van der Waals surface area contributed by atoms with E-state index < -0.39 is 0 Å². The van der Waals surface area contributed by atoms with E-state index in [1.54, 1.807) is 0 Å². The summed E-state index contributed by atoms with van der Waals surface area (Å²) >= 11 is 3.73. The smallest absolute Gasteiger partial charge is 0.0508 e. The van der Waals surface area contributed by atoms with Gasteiger partial charge >= 0.3 is 0 Å². The summed E-state index contributed by atoms with van der Waals surface area (Å²) in [7, 11) is 0. The number of hydrogen-bond acceptors (Lipinski definition) is 1. The van der Waals surface area contributed by atoms with Crippen LogP contribution in [0.5, 0.6) is 0 Å². The van der Waals surface area contributed by atoms with Gasteiger partial charge in [-0.1, -0.05) is 52.3 Å². The molecule has 0 N–H and O–H groups in total. The molecule has 1 aliphatic carbocycles. The third-order valence-corrected chi connectivity index (χ3v) is 4.72. The molecule has 2 heteroatoms. The van der Waals surface area contributed by atoms with E-state index in [1.165, 1.54) is 27.1 Å². The fourth-order valence-corrected chi connectivity index (χ4v) is 3.82. The van der Waals surface area contributed by atoms with E-state index in [0.717, 1.165) is 6.42 Å². The Balaban J connectivity index is 1.96. The van der Waals surface area contributed by atoms with E-state index in [2.05, 4.69) is 87.6 Å². The minimum Gasteiger partial charge on any atom is -0.313 e. The molecule has 4 rings (SSSR count). The molecule has 0 saturated heterocycles. The SMILES string of the molecule is Brc1cccc2c1C1CC=CC=C1N2c1ccccc1. The maximum atomic E-state index is 3.73. The highest BCUT2D eigenvalue weighted by molar-refractivity contribution is 9.10. The third kappa shape index (κ3) is 1.68. The highest BCUT2D eigenvalue weighted by Crippen LogP contribution is 2.52. The van der Waals surface area contributed by atoms with Crippen LogP contribution < -0.4 is 4.90 Å². The second kappa shape index (κ2) is 4.64. The Kier molecular flexibility index (Phi) is 2.78. The maximum absolute atomic E-state index is 3.73. The molecule has 0 spiro atoms. The molecule has 1 aliphatic heterocycles. The molecule has 0 saturated carbocycles. The lowest BCUT2D eigenvalue weighted by atomic mass is 9.92. The van der Waals surface area contributed by atoms with Crippen molar-refractivity contribution in [2.75, 3.05) is 4.90 Å². The van der Waals surface area contributed by atoms with Gasteiger partial charge < -0.3 is 4.90 Å². The van der Waals surface area contributed by atoms with E-state index in [4.69, 9.17) is 0 Å². The molecule has 2 aromatic rings. The normalized spacial score (nSPS) is 19.6. The van der Waals surface area contributed by atoms with Crippen molar-refractivity contribution in [2.24, 2.45) is 0 Å². The number of anilines is 2. The topological polar surface area (TPSA) is 3.24 Å². The van der Waals surface area contributed by atoms with Crippen LogP contribution >= 0.6 is 15.9 Å². The first-order chi connectivity index (χ1) is 9.86. The number of hydrogen-bond donors (Lipinski definition) is 0. The molecule has 1 atom stereocenters. The first-order valence-corrected chi connectivity index (χ1v) is 7.66. The summed E-state index contributed by atoms with van der Waals surface area (Å²) in [6, 6.07) is 17.1. The first-order valence-electron chi connectivity index (χ1n) is 6.86. The Morgan fingerprint density at radius 1 is 1.00 bits per heavy atom. The van der Waals surface area contributed by atoms with Crippen molar-refractivity contribution < 1.29 is 0 Å². The summed E-state index contributed by atoms with van der Waals surface area (Å²) in [6.07, 6.45) is 7.74. The number of para-hydroxylation sites is 1. The zero-order valence-electron chi connectivity index (χ0n) is 11.0. The number of nitrogens with zero attached hydrogens (tertiary/aromatic N) is 1. The summed E-state index contributed by atoms with van der Waals surface area (Å²) in [5, 5.41) is 0. The molecule has 0 aromatic heterocycles. The highest BCUT2D eigenvalue weighted by atomic mass is 79.9. The van der Waals surface area contributed by atoms with Crippen LogP contribution in [0.1, 0.15) is 17.9 Å². The van der Waals surface area contributed by atoms with Crippen LogP contribution in [-0.4, -0.2) is 0 Å². The summed E-state index contributed by atoms with van der Waals surface area (Å²) < 4.78 is 1.21. The molecule has 1 heterocycles. The molecular formula is C18H14BrN. The van der Waals surface area contributed by atoms with Crippen LogP contribution in [0, 0.1) is 0 Å². The molecule has 0 amide bonds. The summed E-state index contributed by atoms with van der Waals surface area (Å²) in [4.78, 5) is 2.38. The Labute approximate surface area is 127 Å². The monoisotopic (exact) mass is 323 g/mol. The molecule has 2 aromatic carbocycles.